The highest BCUT2D eigenvalue weighted by atomic mass is 15.1. The van der Waals surface area contributed by atoms with Crippen LogP contribution in [0.2, 0.25) is 0 Å². The monoisotopic (exact) mass is 255 g/mol. The van der Waals surface area contributed by atoms with Gasteiger partial charge in [-0.05, 0) is 43.1 Å². The van der Waals surface area contributed by atoms with Crippen molar-refractivity contribution < 1.29 is 0 Å². The predicted molar refractivity (Wildman–Crippen MR) is 79.5 cm³/mol. The highest BCUT2D eigenvalue weighted by Crippen LogP contribution is 2.27. The molecule has 3 nitrogen and oxygen atoms in total. The second-order valence-electron chi connectivity index (χ2n) is 5.09. The van der Waals surface area contributed by atoms with Crippen LogP contribution < -0.4 is 10.2 Å². The molecule has 0 saturated heterocycles. The zero-order valence-electron chi connectivity index (χ0n) is 11.2. The van der Waals surface area contributed by atoms with Crippen molar-refractivity contribution in [3.05, 3.63) is 53.9 Å². The number of hydrogen-bond acceptors (Lipinski definition) is 2. The first-order chi connectivity index (χ1) is 9.43. The minimum Gasteiger partial charge on any atom is -0.371 e. The van der Waals surface area contributed by atoms with Crippen LogP contribution in [0.15, 0.2) is 42.6 Å². The van der Waals surface area contributed by atoms with Crippen LogP contribution in [0.3, 0.4) is 0 Å². The van der Waals surface area contributed by atoms with Gasteiger partial charge in [0, 0.05) is 37.2 Å². The number of anilines is 1. The van der Waals surface area contributed by atoms with Crippen molar-refractivity contribution in [2.24, 2.45) is 0 Å². The number of fused-ring (bicyclic) bond motifs is 1. The topological polar surface area (TPSA) is 31.1 Å². The molecule has 3 heteroatoms. The van der Waals surface area contributed by atoms with Gasteiger partial charge in [-0.1, -0.05) is 18.2 Å². The molecule has 0 aliphatic carbocycles. The minimum absolute atomic E-state index is 0.934. The summed E-state index contributed by atoms with van der Waals surface area (Å²) >= 11 is 0. The Bertz CT molecular complexity index is 504. The van der Waals surface area contributed by atoms with Gasteiger partial charge < -0.3 is 15.2 Å². The number of nitrogens with zero attached hydrogens (tertiary/aromatic N) is 1. The van der Waals surface area contributed by atoms with Crippen molar-refractivity contribution in [1.29, 1.82) is 0 Å². The molecule has 1 aromatic carbocycles. The summed E-state index contributed by atoms with van der Waals surface area (Å²) < 4.78 is 0. The van der Waals surface area contributed by atoms with Crippen molar-refractivity contribution in [1.82, 2.24) is 10.3 Å². The third-order valence-electron chi connectivity index (χ3n) is 3.74. The van der Waals surface area contributed by atoms with Crippen LogP contribution in [0.1, 0.15) is 17.7 Å². The Kier molecular flexibility index (Phi) is 3.84. The Hall–Kier alpha value is -1.74. The molecule has 0 bridgehead atoms. The first-order valence-corrected chi connectivity index (χ1v) is 7.09. The number of aromatic amines is 1. The third kappa shape index (κ3) is 2.99. The van der Waals surface area contributed by atoms with Crippen LogP contribution in [-0.4, -0.2) is 24.6 Å². The van der Waals surface area contributed by atoms with E-state index in [1.54, 1.807) is 0 Å². The molecule has 3 rings (SSSR count). The lowest BCUT2D eigenvalue weighted by atomic mass is 10.2. The summed E-state index contributed by atoms with van der Waals surface area (Å²) in [6, 6.07) is 12.9. The molecule has 19 heavy (non-hydrogen) atoms. The number of H-pyrrole nitrogens is 1. The zero-order chi connectivity index (χ0) is 12.9. The molecule has 0 amide bonds. The van der Waals surface area contributed by atoms with Crippen LogP contribution >= 0.6 is 0 Å². The molecule has 0 spiro atoms. The molecule has 0 unspecified atom stereocenters. The number of benzene rings is 1. The van der Waals surface area contributed by atoms with Gasteiger partial charge in [0.1, 0.15) is 0 Å². The van der Waals surface area contributed by atoms with Crippen LogP contribution in [0.25, 0.3) is 0 Å². The van der Waals surface area contributed by atoms with Gasteiger partial charge in [-0.3, -0.25) is 0 Å². The maximum absolute atomic E-state index is 3.48. The van der Waals surface area contributed by atoms with Crippen molar-refractivity contribution >= 4 is 5.69 Å². The van der Waals surface area contributed by atoms with Crippen LogP contribution in [-0.2, 0) is 13.0 Å². The van der Waals surface area contributed by atoms with E-state index in [2.05, 4.69) is 45.5 Å². The van der Waals surface area contributed by atoms with Crippen LogP contribution in [0.4, 0.5) is 5.69 Å². The molecular weight excluding hydrogens is 234 g/mol. The molecule has 0 fully saturated rings. The summed E-state index contributed by atoms with van der Waals surface area (Å²) in [5, 5.41) is 3.48. The van der Waals surface area contributed by atoms with E-state index in [1.807, 2.05) is 12.3 Å². The summed E-state index contributed by atoms with van der Waals surface area (Å²) in [5.41, 5.74) is 4.19. The average Bonchev–Trinajstić information content (AvgIpc) is 3.08. The van der Waals surface area contributed by atoms with Gasteiger partial charge in [-0.25, -0.2) is 0 Å². The molecule has 0 atom stereocenters. The third-order valence-corrected chi connectivity index (χ3v) is 3.74. The van der Waals surface area contributed by atoms with Crippen molar-refractivity contribution in [2.45, 2.75) is 19.4 Å². The predicted octanol–water partition coefficient (Wildman–Crippen LogP) is 2.56. The SMILES string of the molecule is c1c[nH]c(CNCCCN2CCc3ccccc32)c1. The second kappa shape index (κ2) is 5.93. The molecule has 1 aliphatic rings. The number of rotatable bonds is 6. The lowest BCUT2D eigenvalue weighted by molar-refractivity contribution is 0.633. The van der Waals surface area contributed by atoms with E-state index in [4.69, 9.17) is 0 Å². The molecule has 100 valence electrons. The summed E-state index contributed by atoms with van der Waals surface area (Å²) in [7, 11) is 0. The summed E-state index contributed by atoms with van der Waals surface area (Å²) in [5.74, 6) is 0. The molecule has 0 radical (unpaired) electrons. The molecule has 2 heterocycles. The smallest absolute Gasteiger partial charge is 0.0399 e. The Labute approximate surface area is 114 Å². The number of hydrogen-bond donors (Lipinski definition) is 2. The maximum Gasteiger partial charge on any atom is 0.0399 e. The molecular formula is C16H21N3. The van der Waals surface area contributed by atoms with E-state index in [-0.39, 0.29) is 0 Å². The lowest BCUT2D eigenvalue weighted by Gasteiger charge is -2.19. The summed E-state index contributed by atoms with van der Waals surface area (Å²) in [4.78, 5) is 5.71. The Morgan fingerprint density at radius 3 is 3.00 bits per heavy atom. The van der Waals surface area contributed by atoms with E-state index in [0.717, 1.165) is 19.6 Å². The summed E-state index contributed by atoms with van der Waals surface area (Å²) in [6.45, 7) is 4.33. The van der Waals surface area contributed by atoms with E-state index in [9.17, 15) is 0 Å². The fourth-order valence-corrected chi connectivity index (χ4v) is 2.73. The number of nitrogens with one attached hydrogen (secondary N) is 2. The van der Waals surface area contributed by atoms with Gasteiger partial charge in [0.25, 0.3) is 0 Å². The largest absolute Gasteiger partial charge is 0.371 e. The number of para-hydroxylation sites is 1. The van der Waals surface area contributed by atoms with Gasteiger partial charge in [-0.2, -0.15) is 0 Å². The van der Waals surface area contributed by atoms with Gasteiger partial charge in [0.15, 0.2) is 0 Å². The minimum atomic E-state index is 0.934. The van der Waals surface area contributed by atoms with Gasteiger partial charge in [0.05, 0.1) is 0 Å². The fraction of sp³-hybridized carbons (Fsp3) is 0.375. The molecule has 1 aromatic heterocycles. The molecule has 2 N–H and O–H groups in total. The highest BCUT2D eigenvalue weighted by Gasteiger charge is 2.16. The van der Waals surface area contributed by atoms with Crippen molar-refractivity contribution in [3.63, 3.8) is 0 Å². The average molecular weight is 255 g/mol. The lowest BCUT2D eigenvalue weighted by Crippen LogP contribution is -2.25. The zero-order valence-corrected chi connectivity index (χ0v) is 11.2. The number of aromatic nitrogens is 1. The Morgan fingerprint density at radius 1 is 1.16 bits per heavy atom. The van der Waals surface area contributed by atoms with Gasteiger partial charge in [0.2, 0.25) is 0 Å². The maximum atomic E-state index is 3.48. The van der Waals surface area contributed by atoms with E-state index < -0.39 is 0 Å². The van der Waals surface area contributed by atoms with Crippen LogP contribution in [0, 0.1) is 0 Å². The Balaban J connectivity index is 1.39. The molecule has 0 saturated carbocycles. The van der Waals surface area contributed by atoms with E-state index in [0.29, 0.717) is 0 Å². The normalized spacial score (nSPS) is 13.8. The highest BCUT2D eigenvalue weighted by molar-refractivity contribution is 5.57. The van der Waals surface area contributed by atoms with Gasteiger partial charge >= 0.3 is 0 Å². The standard InChI is InChI=1S/C16H21N3/c1-2-7-16-14(5-1)8-12-19(16)11-4-9-17-13-15-6-3-10-18-15/h1-3,5-7,10,17-18H,4,8-9,11-13H2. The van der Waals surface area contributed by atoms with Gasteiger partial charge in [-0.15, -0.1) is 0 Å². The van der Waals surface area contributed by atoms with Crippen LogP contribution in [0.5, 0.6) is 0 Å². The fourth-order valence-electron chi connectivity index (χ4n) is 2.73. The second-order valence-corrected chi connectivity index (χ2v) is 5.09. The molecule has 2 aromatic rings. The van der Waals surface area contributed by atoms with Crippen molar-refractivity contribution in [3.8, 4) is 0 Å². The first-order valence-electron chi connectivity index (χ1n) is 7.09. The van der Waals surface area contributed by atoms with Crippen molar-refractivity contribution in [2.75, 3.05) is 24.5 Å². The quantitative estimate of drug-likeness (QED) is 0.777. The molecule has 1 aliphatic heterocycles. The van der Waals surface area contributed by atoms with E-state index in [1.165, 1.54) is 36.3 Å². The first kappa shape index (κ1) is 12.3. The van der Waals surface area contributed by atoms with E-state index >= 15 is 0 Å². The summed E-state index contributed by atoms with van der Waals surface area (Å²) in [6.07, 6.45) is 4.36. The Morgan fingerprint density at radius 2 is 2.11 bits per heavy atom.